The third-order valence-electron chi connectivity index (χ3n) is 2.74. The number of hydrogen-bond acceptors (Lipinski definition) is 5. The van der Waals surface area contributed by atoms with Gasteiger partial charge in [-0.05, 0) is 6.92 Å². The lowest BCUT2D eigenvalue weighted by molar-refractivity contribution is -0.0459. The number of ether oxygens (including phenoxy) is 1. The van der Waals surface area contributed by atoms with Gasteiger partial charge in [-0.25, -0.2) is 4.79 Å². The highest BCUT2D eigenvalue weighted by Crippen LogP contribution is 2.27. The second kappa shape index (κ2) is 4.44. The summed E-state index contributed by atoms with van der Waals surface area (Å²) in [5.74, 6) is 0. The monoisotopic (exact) mass is 241 g/mol. The van der Waals surface area contributed by atoms with E-state index in [4.69, 9.17) is 9.84 Å². The van der Waals surface area contributed by atoms with Gasteiger partial charge in [-0.1, -0.05) is 0 Å². The predicted octanol–water partition coefficient (Wildman–Crippen LogP) is -1.64. The van der Waals surface area contributed by atoms with Crippen LogP contribution < -0.4 is 11.2 Å². The van der Waals surface area contributed by atoms with Crippen LogP contribution in [-0.2, 0) is 4.74 Å². The molecular weight excluding hydrogens is 228 g/mol. The van der Waals surface area contributed by atoms with Crippen molar-refractivity contribution in [2.45, 2.75) is 24.9 Å². The molecule has 1 fully saturated rings. The van der Waals surface area contributed by atoms with Crippen LogP contribution in [-0.4, -0.2) is 38.6 Å². The summed E-state index contributed by atoms with van der Waals surface area (Å²) in [7, 11) is 0. The van der Waals surface area contributed by atoms with Gasteiger partial charge in [0.05, 0.1) is 12.7 Å². The van der Waals surface area contributed by atoms with Crippen LogP contribution in [0.4, 0.5) is 0 Å². The normalized spacial score (nSPS) is 28.5. The second-order valence-corrected chi connectivity index (χ2v) is 3.94. The summed E-state index contributed by atoms with van der Waals surface area (Å²) < 4.78 is 6.45. The molecule has 2 heterocycles. The van der Waals surface area contributed by atoms with E-state index >= 15 is 0 Å². The van der Waals surface area contributed by atoms with E-state index in [0.29, 0.717) is 0 Å². The van der Waals surface area contributed by atoms with Crippen LogP contribution in [0.3, 0.4) is 0 Å². The largest absolute Gasteiger partial charge is 0.394 e. The molecule has 3 N–H and O–H groups in total. The van der Waals surface area contributed by atoms with Gasteiger partial charge in [-0.3, -0.25) is 14.3 Å². The highest BCUT2D eigenvalue weighted by Gasteiger charge is 2.34. The molecule has 0 spiro atoms. The first-order valence-corrected chi connectivity index (χ1v) is 5.14. The first-order chi connectivity index (χ1) is 8.02. The number of rotatable bonds is 2. The zero-order valence-corrected chi connectivity index (χ0v) is 9.00. The van der Waals surface area contributed by atoms with Gasteiger partial charge in [0.1, 0.15) is 12.3 Å². The minimum absolute atomic E-state index is 0.134. The van der Waals surface area contributed by atoms with E-state index in [2.05, 4.69) is 11.9 Å². The lowest BCUT2D eigenvalue weighted by Crippen LogP contribution is -2.33. The van der Waals surface area contributed by atoms with Crippen LogP contribution in [0.2, 0.25) is 0 Å². The van der Waals surface area contributed by atoms with Crippen LogP contribution >= 0.6 is 0 Å². The topological polar surface area (TPSA) is 105 Å². The molecule has 0 unspecified atom stereocenters. The first kappa shape index (κ1) is 12.0. The van der Waals surface area contributed by atoms with E-state index in [9.17, 15) is 14.7 Å². The molecule has 0 saturated carbocycles. The van der Waals surface area contributed by atoms with Gasteiger partial charge in [-0.2, -0.15) is 0 Å². The van der Waals surface area contributed by atoms with Gasteiger partial charge in [0.25, 0.3) is 5.56 Å². The van der Waals surface area contributed by atoms with E-state index in [1.165, 1.54) is 6.20 Å². The highest BCUT2D eigenvalue weighted by atomic mass is 16.5. The SMILES string of the molecule is [CH2]c1cn([C@H]2C[C@H](O)[C@@H](CO)O2)c(=O)[nH]c1=O. The molecule has 1 aliphatic heterocycles. The molecule has 1 radical (unpaired) electrons. The Bertz CT molecular complexity index is 520. The van der Waals surface area contributed by atoms with Gasteiger partial charge >= 0.3 is 5.69 Å². The molecule has 93 valence electrons. The van der Waals surface area contributed by atoms with Crippen LogP contribution in [0.5, 0.6) is 0 Å². The van der Waals surface area contributed by atoms with E-state index < -0.39 is 29.7 Å². The molecule has 17 heavy (non-hydrogen) atoms. The maximum absolute atomic E-state index is 11.5. The lowest BCUT2D eigenvalue weighted by atomic mass is 10.2. The van der Waals surface area contributed by atoms with Crippen molar-refractivity contribution in [3.63, 3.8) is 0 Å². The fourth-order valence-corrected chi connectivity index (χ4v) is 1.79. The average Bonchev–Trinajstić information content (AvgIpc) is 2.65. The Morgan fingerprint density at radius 1 is 1.59 bits per heavy atom. The van der Waals surface area contributed by atoms with Crippen molar-refractivity contribution >= 4 is 0 Å². The Kier molecular flexibility index (Phi) is 3.14. The molecule has 1 saturated heterocycles. The van der Waals surface area contributed by atoms with Crippen molar-refractivity contribution in [3.8, 4) is 0 Å². The van der Waals surface area contributed by atoms with Gasteiger partial charge < -0.3 is 14.9 Å². The lowest BCUT2D eigenvalue weighted by Gasteiger charge is -2.14. The molecule has 7 nitrogen and oxygen atoms in total. The Hall–Kier alpha value is -1.44. The maximum atomic E-state index is 11.5. The van der Waals surface area contributed by atoms with Gasteiger partial charge in [0, 0.05) is 18.2 Å². The standard InChI is InChI=1S/C10H13N2O5/c1-5-3-12(10(16)11-9(5)15)8-2-6(14)7(4-13)17-8/h3,6-8,13-14H,1-2,4H2,(H,11,15,16)/t6-,7+,8+/m0/s1. The van der Waals surface area contributed by atoms with E-state index in [-0.39, 0.29) is 18.6 Å². The van der Waals surface area contributed by atoms with E-state index in [1.54, 1.807) is 0 Å². The smallest absolute Gasteiger partial charge is 0.330 e. The van der Waals surface area contributed by atoms with Gasteiger partial charge in [-0.15, -0.1) is 0 Å². The zero-order valence-electron chi connectivity index (χ0n) is 9.00. The highest BCUT2D eigenvalue weighted by molar-refractivity contribution is 5.08. The molecular formula is C10H13N2O5. The summed E-state index contributed by atoms with van der Waals surface area (Å²) in [6.07, 6.45) is -0.800. The van der Waals surface area contributed by atoms with Crippen molar-refractivity contribution in [3.05, 3.63) is 39.5 Å². The quantitative estimate of drug-likeness (QED) is 0.576. The molecule has 1 aromatic rings. The van der Waals surface area contributed by atoms with Crippen molar-refractivity contribution in [2.75, 3.05) is 6.61 Å². The fraction of sp³-hybridized carbons (Fsp3) is 0.500. The zero-order chi connectivity index (χ0) is 12.6. The number of H-pyrrole nitrogens is 1. The molecule has 0 amide bonds. The van der Waals surface area contributed by atoms with Crippen LogP contribution in [0.15, 0.2) is 15.8 Å². The minimum atomic E-state index is -0.836. The fourth-order valence-electron chi connectivity index (χ4n) is 1.79. The summed E-state index contributed by atoms with van der Waals surface area (Å²) in [5, 5.41) is 18.5. The first-order valence-electron chi connectivity index (χ1n) is 5.14. The molecule has 7 heteroatoms. The second-order valence-electron chi connectivity index (χ2n) is 3.94. The van der Waals surface area contributed by atoms with Crippen molar-refractivity contribution < 1.29 is 14.9 Å². The summed E-state index contributed by atoms with van der Waals surface area (Å²) in [4.78, 5) is 24.8. The number of aromatic nitrogens is 2. The molecule has 2 rings (SSSR count). The molecule has 1 aliphatic rings. The van der Waals surface area contributed by atoms with E-state index in [0.717, 1.165) is 4.57 Å². The van der Waals surface area contributed by atoms with Crippen LogP contribution in [0.25, 0.3) is 0 Å². The average molecular weight is 241 g/mol. The van der Waals surface area contributed by atoms with Crippen molar-refractivity contribution in [2.24, 2.45) is 0 Å². The van der Waals surface area contributed by atoms with Crippen LogP contribution in [0.1, 0.15) is 18.2 Å². The van der Waals surface area contributed by atoms with Crippen molar-refractivity contribution in [1.82, 2.24) is 9.55 Å². The molecule has 0 aromatic carbocycles. The third kappa shape index (κ3) is 2.17. The van der Waals surface area contributed by atoms with Crippen LogP contribution in [0, 0.1) is 6.92 Å². The van der Waals surface area contributed by atoms with E-state index in [1.807, 2.05) is 0 Å². The minimum Gasteiger partial charge on any atom is -0.394 e. The summed E-state index contributed by atoms with van der Waals surface area (Å²) >= 11 is 0. The number of aliphatic hydroxyl groups excluding tert-OH is 2. The van der Waals surface area contributed by atoms with Gasteiger partial charge in [0.15, 0.2) is 0 Å². The Morgan fingerprint density at radius 3 is 2.88 bits per heavy atom. The van der Waals surface area contributed by atoms with Gasteiger partial charge in [0.2, 0.25) is 0 Å². The Labute approximate surface area is 96.3 Å². The number of aromatic amines is 1. The predicted molar refractivity (Wildman–Crippen MR) is 57.4 cm³/mol. The molecule has 0 bridgehead atoms. The van der Waals surface area contributed by atoms with Crippen molar-refractivity contribution in [1.29, 1.82) is 0 Å². The number of nitrogens with zero attached hydrogens (tertiary/aromatic N) is 1. The number of aliphatic hydroxyl groups is 2. The third-order valence-corrected chi connectivity index (χ3v) is 2.74. The Morgan fingerprint density at radius 2 is 2.29 bits per heavy atom. The molecule has 0 aliphatic carbocycles. The maximum Gasteiger partial charge on any atom is 0.330 e. The summed E-state index contributed by atoms with van der Waals surface area (Å²) in [5.41, 5.74) is -1.04. The summed E-state index contributed by atoms with van der Waals surface area (Å²) in [6.45, 7) is 3.15. The number of hydrogen-bond donors (Lipinski definition) is 3. The molecule has 3 atom stereocenters. The number of nitrogens with one attached hydrogen (secondary N) is 1. The summed E-state index contributed by atoms with van der Waals surface area (Å²) in [6, 6.07) is 0. The molecule has 1 aromatic heterocycles. The Balaban J connectivity index is 2.34.